The number of hydrogen-bond acceptors (Lipinski definition) is 4. The van der Waals surface area contributed by atoms with E-state index < -0.39 is 0 Å². The molecule has 0 unspecified atom stereocenters. The van der Waals surface area contributed by atoms with Crippen LogP contribution in [0.15, 0.2) is 23.6 Å². The molecule has 1 aliphatic rings. The summed E-state index contributed by atoms with van der Waals surface area (Å²) < 4.78 is 5.29. The van der Waals surface area contributed by atoms with Crippen LogP contribution in [0.3, 0.4) is 0 Å². The highest BCUT2D eigenvalue weighted by Crippen LogP contribution is 2.28. The molecule has 0 atom stereocenters. The van der Waals surface area contributed by atoms with E-state index in [1.54, 1.807) is 18.4 Å². The predicted molar refractivity (Wildman–Crippen MR) is 78.7 cm³/mol. The van der Waals surface area contributed by atoms with Gasteiger partial charge in [0.25, 0.3) is 0 Å². The summed E-state index contributed by atoms with van der Waals surface area (Å²) in [5.41, 5.74) is 3.45. The molecule has 1 fully saturated rings. The van der Waals surface area contributed by atoms with Crippen LogP contribution in [0.1, 0.15) is 24.1 Å². The molecule has 0 amide bonds. The highest BCUT2D eigenvalue weighted by molar-refractivity contribution is 7.13. The van der Waals surface area contributed by atoms with Crippen LogP contribution in [-0.2, 0) is 6.54 Å². The average molecular weight is 274 g/mol. The molecule has 0 bridgehead atoms. The van der Waals surface area contributed by atoms with Crippen LogP contribution in [0.5, 0.6) is 5.75 Å². The Labute approximate surface area is 117 Å². The van der Waals surface area contributed by atoms with Gasteiger partial charge in [-0.25, -0.2) is 4.98 Å². The molecule has 100 valence electrons. The van der Waals surface area contributed by atoms with E-state index in [2.05, 4.69) is 29.8 Å². The van der Waals surface area contributed by atoms with Gasteiger partial charge in [0.05, 0.1) is 12.8 Å². The molecule has 0 aliphatic heterocycles. The number of aryl methyl sites for hydroxylation is 1. The smallest absolute Gasteiger partial charge is 0.123 e. The lowest BCUT2D eigenvalue weighted by molar-refractivity contribution is 0.412. The van der Waals surface area contributed by atoms with Crippen LogP contribution >= 0.6 is 11.3 Å². The molecule has 0 radical (unpaired) electrons. The van der Waals surface area contributed by atoms with E-state index in [0.717, 1.165) is 34.6 Å². The molecule has 1 aromatic carbocycles. The normalized spacial score (nSPS) is 14.6. The number of aromatic nitrogens is 1. The van der Waals surface area contributed by atoms with Crippen molar-refractivity contribution < 1.29 is 4.74 Å². The Balaban J connectivity index is 1.75. The summed E-state index contributed by atoms with van der Waals surface area (Å²) >= 11 is 1.70. The summed E-state index contributed by atoms with van der Waals surface area (Å²) in [6, 6.07) is 6.94. The van der Waals surface area contributed by atoms with Gasteiger partial charge in [0.2, 0.25) is 0 Å². The first kappa shape index (κ1) is 12.6. The van der Waals surface area contributed by atoms with Crippen molar-refractivity contribution in [2.75, 3.05) is 7.11 Å². The Kier molecular flexibility index (Phi) is 3.53. The zero-order chi connectivity index (χ0) is 13.2. The Morgan fingerprint density at radius 1 is 1.42 bits per heavy atom. The van der Waals surface area contributed by atoms with Crippen LogP contribution in [0.25, 0.3) is 10.6 Å². The number of nitrogens with one attached hydrogen (secondary N) is 1. The molecular weight excluding hydrogens is 256 g/mol. The standard InChI is InChI=1S/C15H18N2OS/c1-10-7-11(3-6-14(10)18-2)15-17-13(9-19-15)8-16-12-4-5-12/h3,6-7,9,12,16H,4-5,8H2,1-2H3. The molecule has 1 aromatic heterocycles. The lowest BCUT2D eigenvalue weighted by Crippen LogP contribution is -2.15. The average Bonchev–Trinajstić information content (AvgIpc) is 3.13. The summed E-state index contributed by atoms with van der Waals surface area (Å²) in [6.07, 6.45) is 2.63. The van der Waals surface area contributed by atoms with Gasteiger partial charge in [-0.2, -0.15) is 0 Å². The van der Waals surface area contributed by atoms with Crippen LogP contribution in [0.2, 0.25) is 0 Å². The Bertz CT molecular complexity index is 575. The fourth-order valence-electron chi connectivity index (χ4n) is 2.07. The molecule has 0 spiro atoms. The Morgan fingerprint density at radius 3 is 2.95 bits per heavy atom. The molecule has 1 saturated carbocycles. The summed E-state index contributed by atoms with van der Waals surface area (Å²) in [6.45, 7) is 2.95. The van der Waals surface area contributed by atoms with E-state index in [-0.39, 0.29) is 0 Å². The number of methoxy groups -OCH3 is 1. The van der Waals surface area contributed by atoms with Crippen molar-refractivity contribution >= 4 is 11.3 Å². The molecule has 1 N–H and O–H groups in total. The molecule has 3 nitrogen and oxygen atoms in total. The Hall–Kier alpha value is -1.39. The largest absolute Gasteiger partial charge is 0.496 e. The minimum atomic E-state index is 0.730. The monoisotopic (exact) mass is 274 g/mol. The molecule has 3 rings (SSSR count). The van der Waals surface area contributed by atoms with Gasteiger partial charge in [-0.15, -0.1) is 11.3 Å². The second-order valence-corrected chi connectivity index (χ2v) is 5.84. The van der Waals surface area contributed by atoms with E-state index in [1.165, 1.54) is 18.4 Å². The third-order valence-corrected chi connectivity index (χ3v) is 4.28. The van der Waals surface area contributed by atoms with E-state index >= 15 is 0 Å². The third kappa shape index (κ3) is 2.96. The maximum Gasteiger partial charge on any atom is 0.123 e. The van der Waals surface area contributed by atoms with Crippen LogP contribution in [0, 0.1) is 6.92 Å². The zero-order valence-corrected chi connectivity index (χ0v) is 12.1. The van der Waals surface area contributed by atoms with E-state index in [0.29, 0.717) is 0 Å². The SMILES string of the molecule is COc1ccc(-c2nc(CNC3CC3)cs2)cc1C. The topological polar surface area (TPSA) is 34.1 Å². The van der Waals surface area contributed by atoms with Gasteiger partial charge in [-0.05, 0) is 43.5 Å². The number of rotatable bonds is 5. The maximum absolute atomic E-state index is 5.29. The van der Waals surface area contributed by atoms with Crippen molar-refractivity contribution in [3.8, 4) is 16.3 Å². The number of benzene rings is 1. The second-order valence-electron chi connectivity index (χ2n) is 4.98. The number of ether oxygens (including phenoxy) is 1. The first-order valence-electron chi connectivity index (χ1n) is 6.59. The van der Waals surface area contributed by atoms with Gasteiger partial charge in [0, 0.05) is 23.5 Å². The van der Waals surface area contributed by atoms with Crippen LogP contribution in [0.4, 0.5) is 0 Å². The summed E-state index contributed by atoms with van der Waals surface area (Å²) in [5, 5.41) is 6.72. The van der Waals surface area contributed by atoms with E-state index in [9.17, 15) is 0 Å². The third-order valence-electron chi connectivity index (χ3n) is 3.34. The first-order chi connectivity index (χ1) is 9.26. The van der Waals surface area contributed by atoms with Crippen molar-refractivity contribution in [2.24, 2.45) is 0 Å². The lowest BCUT2D eigenvalue weighted by atomic mass is 10.1. The van der Waals surface area contributed by atoms with E-state index in [1.807, 2.05) is 6.07 Å². The summed E-state index contributed by atoms with van der Waals surface area (Å²) in [4.78, 5) is 4.69. The molecule has 2 aromatic rings. The second kappa shape index (κ2) is 5.31. The van der Waals surface area contributed by atoms with Crippen molar-refractivity contribution in [1.29, 1.82) is 0 Å². The van der Waals surface area contributed by atoms with Crippen molar-refractivity contribution in [2.45, 2.75) is 32.4 Å². The van der Waals surface area contributed by atoms with Gasteiger partial charge >= 0.3 is 0 Å². The number of thiazole rings is 1. The highest BCUT2D eigenvalue weighted by atomic mass is 32.1. The minimum Gasteiger partial charge on any atom is -0.496 e. The number of hydrogen-bond donors (Lipinski definition) is 1. The van der Waals surface area contributed by atoms with Gasteiger partial charge in [-0.1, -0.05) is 0 Å². The molecular formula is C15H18N2OS. The molecule has 0 saturated heterocycles. The van der Waals surface area contributed by atoms with Crippen molar-refractivity contribution in [3.63, 3.8) is 0 Å². The predicted octanol–water partition coefficient (Wildman–Crippen LogP) is 3.38. The van der Waals surface area contributed by atoms with Gasteiger partial charge < -0.3 is 10.1 Å². The summed E-state index contributed by atoms with van der Waals surface area (Å²) in [5.74, 6) is 0.927. The van der Waals surface area contributed by atoms with Gasteiger partial charge in [0.15, 0.2) is 0 Å². The van der Waals surface area contributed by atoms with Crippen molar-refractivity contribution in [3.05, 3.63) is 34.8 Å². The number of nitrogens with zero attached hydrogens (tertiary/aromatic N) is 1. The molecule has 1 heterocycles. The quantitative estimate of drug-likeness (QED) is 0.907. The molecule has 19 heavy (non-hydrogen) atoms. The van der Waals surface area contributed by atoms with Gasteiger partial charge in [-0.3, -0.25) is 0 Å². The fraction of sp³-hybridized carbons (Fsp3) is 0.400. The first-order valence-corrected chi connectivity index (χ1v) is 7.47. The van der Waals surface area contributed by atoms with Gasteiger partial charge in [0.1, 0.15) is 10.8 Å². The zero-order valence-electron chi connectivity index (χ0n) is 11.3. The van der Waals surface area contributed by atoms with E-state index in [4.69, 9.17) is 9.72 Å². The fourth-order valence-corrected chi connectivity index (χ4v) is 2.89. The minimum absolute atomic E-state index is 0.730. The van der Waals surface area contributed by atoms with Crippen molar-refractivity contribution in [1.82, 2.24) is 10.3 Å². The van der Waals surface area contributed by atoms with Crippen LogP contribution < -0.4 is 10.1 Å². The lowest BCUT2D eigenvalue weighted by Gasteiger charge is -2.05. The van der Waals surface area contributed by atoms with Crippen LogP contribution in [-0.4, -0.2) is 18.1 Å². The summed E-state index contributed by atoms with van der Waals surface area (Å²) in [7, 11) is 1.70. The maximum atomic E-state index is 5.29. The molecule has 4 heteroatoms. The Morgan fingerprint density at radius 2 is 2.26 bits per heavy atom. The highest BCUT2D eigenvalue weighted by Gasteiger charge is 2.20. The molecule has 1 aliphatic carbocycles.